The van der Waals surface area contributed by atoms with Gasteiger partial charge in [0.15, 0.2) is 6.10 Å². The Hall–Kier alpha value is -1.63. The van der Waals surface area contributed by atoms with Gasteiger partial charge in [-0.05, 0) is 0 Å². The molecule has 0 saturated heterocycles. The Morgan fingerprint density at radius 2 is 1.87 bits per heavy atom. The molecule has 15 heavy (non-hydrogen) atoms. The van der Waals surface area contributed by atoms with E-state index in [9.17, 15) is 14.4 Å². The number of carbonyl (C=O) groups excluding carboxylic acids is 2. The van der Waals surface area contributed by atoms with Crippen molar-refractivity contribution in [3.05, 3.63) is 0 Å². The van der Waals surface area contributed by atoms with Crippen molar-refractivity contribution in [2.45, 2.75) is 19.4 Å². The predicted molar refractivity (Wildman–Crippen MR) is 50.0 cm³/mol. The third-order valence-electron chi connectivity index (χ3n) is 1.50. The van der Waals surface area contributed by atoms with E-state index in [0.29, 0.717) is 0 Å². The molecule has 0 radical (unpaired) electrons. The fourth-order valence-electron chi connectivity index (χ4n) is 0.738. The summed E-state index contributed by atoms with van der Waals surface area (Å²) in [7, 11) is 0. The van der Waals surface area contributed by atoms with E-state index in [1.165, 1.54) is 6.92 Å². The monoisotopic (exact) mass is 218 g/mol. The number of hydrogen-bond donors (Lipinski definition) is 4. The van der Waals surface area contributed by atoms with Crippen LogP contribution in [-0.2, 0) is 14.4 Å². The fraction of sp³-hybridized carbons (Fsp3) is 0.625. The molecule has 0 saturated carbocycles. The molecule has 7 nitrogen and oxygen atoms in total. The minimum absolute atomic E-state index is 0.0475. The summed E-state index contributed by atoms with van der Waals surface area (Å²) in [6.07, 6.45) is -1.55. The van der Waals surface area contributed by atoms with Crippen molar-refractivity contribution in [1.82, 2.24) is 10.6 Å². The van der Waals surface area contributed by atoms with Gasteiger partial charge in [0.1, 0.15) is 0 Å². The second-order valence-electron chi connectivity index (χ2n) is 2.89. The molecule has 0 aliphatic heterocycles. The SMILES string of the molecule is CC(=O)NCCC(=O)NCC(O)C(=O)O. The van der Waals surface area contributed by atoms with E-state index >= 15 is 0 Å². The molecule has 2 amide bonds. The zero-order valence-corrected chi connectivity index (χ0v) is 8.32. The van der Waals surface area contributed by atoms with Crippen molar-refractivity contribution >= 4 is 17.8 Å². The van der Waals surface area contributed by atoms with Crippen molar-refractivity contribution in [2.75, 3.05) is 13.1 Å². The smallest absolute Gasteiger partial charge is 0.334 e. The maximum atomic E-state index is 11.0. The summed E-state index contributed by atoms with van der Waals surface area (Å²) in [4.78, 5) is 31.6. The number of aliphatic hydroxyl groups excluding tert-OH is 1. The Morgan fingerprint density at radius 1 is 1.27 bits per heavy atom. The number of hydrogen-bond acceptors (Lipinski definition) is 4. The third-order valence-corrected chi connectivity index (χ3v) is 1.50. The molecule has 0 heterocycles. The molecule has 0 rings (SSSR count). The minimum Gasteiger partial charge on any atom is -0.479 e. The molecule has 1 atom stereocenters. The summed E-state index contributed by atoms with van der Waals surface area (Å²) in [5.41, 5.74) is 0. The highest BCUT2D eigenvalue weighted by Gasteiger charge is 2.13. The van der Waals surface area contributed by atoms with Crippen LogP contribution >= 0.6 is 0 Å². The van der Waals surface area contributed by atoms with E-state index in [2.05, 4.69) is 10.6 Å². The van der Waals surface area contributed by atoms with Crippen LogP contribution in [0.5, 0.6) is 0 Å². The average Bonchev–Trinajstić information content (AvgIpc) is 2.13. The van der Waals surface area contributed by atoms with Crippen LogP contribution in [0.1, 0.15) is 13.3 Å². The Kier molecular flexibility index (Phi) is 6.03. The zero-order chi connectivity index (χ0) is 11.8. The Bertz CT molecular complexity index is 253. The first-order chi connectivity index (χ1) is 6.93. The van der Waals surface area contributed by atoms with E-state index in [4.69, 9.17) is 10.2 Å². The molecule has 1 unspecified atom stereocenters. The maximum absolute atomic E-state index is 11.0. The summed E-state index contributed by atoms with van der Waals surface area (Å²) in [6, 6.07) is 0. The molecule has 7 heteroatoms. The number of carboxylic acids is 1. The largest absolute Gasteiger partial charge is 0.479 e. The van der Waals surface area contributed by atoms with Crippen LogP contribution in [0.3, 0.4) is 0 Å². The number of carbonyl (C=O) groups is 3. The lowest BCUT2D eigenvalue weighted by Gasteiger charge is -2.07. The van der Waals surface area contributed by atoms with Crippen molar-refractivity contribution in [3.63, 3.8) is 0 Å². The summed E-state index contributed by atoms with van der Waals surface area (Å²) >= 11 is 0. The van der Waals surface area contributed by atoms with E-state index in [0.717, 1.165) is 0 Å². The van der Waals surface area contributed by atoms with E-state index in [1.807, 2.05) is 0 Å². The van der Waals surface area contributed by atoms with Gasteiger partial charge in [0.2, 0.25) is 11.8 Å². The van der Waals surface area contributed by atoms with Crippen LogP contribution in [0.4, 0.5) is 0 Å². The van der Waals surface area contributed by atoms with E-state index < -0.39 is 18.0 Å². The standard InChI is InChI=1S/C8H14N2O5/c1-5(11)9-3-2-7(13)10-4-6(12)8(14)15/h6,12H,2-4H2,1H3,(H,9,11)(H,10,13)(H,14,15). The van der Waals surface area contributed by atoms with Crippen LogP contribution in [0.2, 0.25) is 0 Å². The second kappa shape index (κ2) is 6.77. The molecule has 0 aliphatic rings. The van der Waals surface area contributed by atoms with Crippen LogP contribution in [0.15, 0.2) is 0 Å². The van der Waals surface area contributed by atoms with Crippen molar-refractivity contribution in [2.24, 2.45) is 0 Å². The Morgan fingerprint density at radius 3 is 2.33 bits per heavy atom. The first-order valence-corrected chi connectivity index (χ1v) is 4.35. The lowest BCUT2D eigenvalue weighted by atomic mass is 10.3. The van der Waals surface area contributed by atoms with Crippen LogP contribution < -0.4 is 10.6 Å². The summed E-state index contributed by atoms with van der Waals surface area (Å²) in [5.74, 6) is -2.06. The average molecular weight is 218 g/mol. The Labute approximate surface area is 86.5 Å². The van der Waals surface area contributed by atoms with Gasteiger partial charge in [0, 0.05) is 19.9 Å². The molecule has 0 fully saturated rings. The molecule has 0 bridgehead atoms. The van der Waals surface area contributed by atoms with E-state index in [-0.39, 0.29) is 25.4 Å². The fourth-order valence-corrected chi connectivity index (χ4v) is 0.738. The molecule has 0 aliphatic carbocycles. The number of aliphatic hydroxyl groups is 1. The molecule has 0 aromatic heterocycles. The number of rotatable bonds is 6. The first-order valence-electron chi connectivity index (χ1n) is 4.35. The van der Waals surface area contributed by atoms with E-state index in [1.54, 1.807) is 0 Å². The molecular formula is C8H14N2O5. The van der Waals surface area contributed by atoms with Gasteiger partial charge in [-0.15, -0.1) is 0 Å². The summed E-state index contributed by atoms with van der Waals surface area (Å²) in [5, 5.41) is 21.7. The third kappa shape index (κ3) is 7.44. The lowest BCUT2D eigenvalue weighted by Crippen LogP contribution is -2.37. The lowest BCUT2D eigenvalue weighted by molar-refractivity contribution is -0.146. The van der Waals surface area contributed by atoms with Crippen molar-refractivity contribution in [3.8, 4) is 0 Å². The van der Waals surface area contributed by atoms with Gasteiger partial charge in [-0.1, -0.05) is 0 Å². The molecule has 0 aromatic carbocycles. The summed E-state index contributed by atoms with van der Waals surface area (Å²) in [6.45, 7) is 1.17. The maximum Gasteiger partial charge on any atom is 0.334 e. The molecule has 4 N–H and O–H groups in total. The van der Waals surface area contributed by atoms with Crippen molar-refractivity contribution < 1.29 is 24.6 Å². The molecule has 0 aromatic rings. The highest BCUT2D eigenvalue weighted by Crippen LogP contribution is 1.82. The van der Waals surface area contributed by atoms with Crippen molar-refractivity contribution in [1.29, 1.82) is 0 Å². The van der Waals surface area contributed by atoms with Gasteiger partial charge in [0.25, 0.3) is 0 Å². The number of nitrogens with one attached hydrogen (secondary N) is 2. The van der Waals surface area contributed by atoms with Crippen LogP contribution in [-0.4, -0.2) is 47.2 Å². The van der Waals surface area contributed by atoms with Gasteiger partial charge in [-0.2, -0.15) is 0 Å². The highest BCUT2D eigenvalue weighted by atomic mass is 16.4. The zero-order valence-electron chi connectivity index (χ0n) is 8.32. The molecular weight excluding hydrogens is 204 g/mol. The quantitative estimate of drug-likeness (QED) is 0.414. The highest BCUT2D eigenvalue weighted by molar-refractivity contribution is 5.79. The van der Waals surface area contributed by atoms with Crippen LogP contribution in [0, 0.1) is 0 Å². The summed E-state index contributed by atoms with van der Waals surface area (Å²) < 4.78 is 0. The molecule has 86 valence electrons. The van der Waals surface area contributed by atoms with Crippen LogP contribution in [0.25, 0.3) is 0 Å². The normalized spacial score (nSPS) is 11.6. The predicted octanol–water partition coefficient (Wildman–Crippen LogP) is -1.93. The number of carboxylic acid groups (broad SMARTS) is 1. The minimum atomic E-state index is -1.60. The number of amides is 2. The Balaban J connectivity index is 3.57. The topological polar surface area (TPSA) is 116 Å². The molecule has 0 spiro atoms. The van der Waals surface area contributed by atoms with Gasteiger partial charge in [-0.25, -0.2) is 4.79 Å². The van der Waals surface area contributed by atoms with Gasteiger partial charge in [-0.3, -0.25) is 9.59 Å². The first kappa shape index (κ1) is 13.4. The van der Waals surface area contributed by atoms with Gasteiger partial charge >= 0.3 is 5.97 Å². The van der Waals surface area contributed by atoms with Gasteiger partial charge < -0.3 is 20.8 Å². The number of aliphatic carboxylic acids is 1. The van der Waals surface area contributed by atoms with Gasteiger partial charge in [0.05, 0.1) is 6.54 Å². The second-order valence-corrected chi connectivity index (χ2v) is 2.89.